The lowest BCUT2D eigenvalue weighted by Crippen LogP contribution is -2.50. The van der Waals surface area contributed by atoms with Gasteiger partial charge in [0, 0.05) is 32.3 Å². The van der Waals surface area contributed by atoms with Crippen molar-refractivity contribution in [2.24, 2.45) is 0 Å². The summed E-state index contributed by atoms with van der Waals surface area (Å²) in [6, 6.07) is 9.03. The van der Waals surface area contributed by atoms with E-state index >= 15 is 0 Å². The fourth-order valence-corrected chi connectivity index (χ4v) is 5.02. The highest BCUT2D eigenvalue weighted by Gasteiger charge is 2.29. The van der Waals surface area contributed by atoms with Gasteiger partial charge in [-0.05, 0) is 52.1 Å². The average Bonchev–Trinajstić information content (AvgIpc) is 3.20. The number of rotatable bonds is 5. The van der Waals surface area contributed by atoms with E-state index in [0.717, 1.165) is 11.1 Å². The van der Waals surface area contributed by atoms with E-state index < -0.39 is 10.0 Å². The van der Waals surface area contributed by atoms with Gasteiger partial charge in [0.05, 0.1) is 4.90 Å². The molecule has 5 nitrogen and oxygen atoms in total. The standard InChI is InChI=1S/C20H24N2O3S2/c1-16(2)18-4-6-19(7-5-18)27(24,25)22-12-10-21(11-13-22)20(23)8-3-17-9-14-26-15-17/h3-9,14-16H,10-13H2,1-2H3/b8-3+. The van der Waals surface area contributed by atoms with Gasteiger partial charge < -0.3 is 4.90 Å². The molecule has 2 aromatic rings. The SMILES string of the molecule is CC(C)c1ccc(S(=O)(=O)N2CCN(C(=O)/C=C/c3ccsc3)CC2)cc1. The third-order valence-electron chi connectivity index (χ3n) is 4.70. The van der Waals surface area contributed by atoms with Crippen molar-refractivity contribution in [3.63, 3.8) is 0 Å². The lowest BCUT2D eigenvalue weighted by atomic mass is 10.0. The van der Waals surface area contributed by atoms with Crippen LogP contribution >= 0.6 is 11.3 Å². The second kappa shape index (κ2) is 8.37. The Kier molecular flexibility index (Phi) is 6.14. The second-order valence-electron chi connectivity index (χ2n) is 6.84. The average molecular weight is 405 g/mol. The number of thiophene rings is 1. The van der Waals surface area contributed by atoms with Gasteiger partial charge in [-0.2, -0.15) is 15.6 Å². The van der Waals surface area contributed by atoms with E-state index in [-0.39, 0.29) is 5.91 Å². The first kappa shape index (κ1) is 19.8. The van der Waals surface area contributed by atoms with Gasteiger partial charge in [-0.25, -0.2) is 8.42 Å². The number of amides is 1. The van der Waals surface area contributed by atoms with Crippen molar-refractivity contribution in [2.45, 2.75) is 24.7 Å². The first-order valence-electron chi connectivity index (χ1n) is 8.97. The van der Waals surface area contributed by atoms with Gasteiger partial charge in [0.2, 0.25) is 15.9 Å². The Morgan fingerprint density at radius 2 is 1.74 bits per heavy atom. The van der Waals surface area contributed by atoms with Gasteiger partial charge in [0.25, 0.3) is 0 Å². The number of sulfonamides is 1. The van der Waals surface area contributed by atoms with Crippen LogP contribution in [0.25, 0.3) is 6.08 Å². The molecule has 0 aliphatic carbocycles. The molecule has 0 atom stereocenters. The minimum absolute atomic E-state index is 0.0838. The Hall–Kier alpha value is -1.96. The summed E-state index contributed by atoms with van der Waals surface area (Å²) in [5.41, 5.74) is 2.11. The van der Waals surface area contributed by atoms with Crippen molar-refractivity contribution in [1.29, 1.82) is 0 Å². The number of piperazine rings is 1. The molecule has 3 rings (SSSR count). The van der Waals surface area contributed by atoms with Crippen molar-refractivity contribution in [1.82, 2.24) is 9.21 Å². The molecular formula is C20H24N2O3S2. The van der Waals surface area contributed by atoms with Crippen molar-refractivity contribution in [3.05, 3.63) is 58.3 Å². The maximum absolute atomic E-state index is 12.8. The number of hydrogen-bond acceptors (Lipinski definition) is 4. The molecular weight excluding hydrogens is 380 g/mol. The fourth-order valence-electron chi connectivity index (χ4n) is 2.97. The molecule has 1 amide bonds. The fraction of sp³-hybridized carbons (Fsp3) is 0.350. The van der Waals surface area contributed by atoms with Crippen LogP contribution < -0.4 is 0 Å². The van der Waals surface area contributed by atoms with Crippen LogP contribution in [0.5, 0.6) is 0 Å². The summed E-state index contributed by atoms with van der Waals surface area (Å²) in [4.78, 5) is 14.3. The summed E-state index contributed by atoms with van der Waals surface area (Å²) in [5.74, 6) is 0.276. The summed E-state index contributed by atoms with van der Waals surface area (Å²) in [7, 11) is -3.52. The minimum Gasteiger partial charge on any atom is -0.337 e. The summed E-state index contributed by atoms with van der Waals surface area (Å²) >= 11 is 1.58. The maximum atomic E-state index is 12.8. The molecule has 144 valence electrons. The number of carbonyl (C=O) groups excluding carboxylic acids is 1. The topological polar surface area (TPSA) is 57.7 Å². The van der Waals surface area contributed by atoms with Crippen LogP contribution in [0.4, 0.5) is 0 Å². The Balaban J connectivity index is 1.61. The van der Waals surface area contributed by atoms with E-state index in [1.165, 1.54) is 4.31 Å². The largest absolute Gasteiger partial charge is 0.337 e. The normalized spacial score (nSPS) is 16.3. The molecule has 1 aliphatic heterocycles. The molecule has 27 heavy (non-hydrogen) atoms. The van der Waals surface area contributed by atoms with Gasteiger partial charge in [-0.1, -0.05) is 26.0 Å². The molecule has 0 unspecified atom stereocenters. The molecule has 1 aliphatic rings. The van der Waals surface area contributed by atoms with E-state index in [4.69, 9.17) is 0 Å². The summed E-state index contributed by atoms with van der Waals surface area (Å²) < 4.78 is 27.1. The highest BCUT2D eigenvalue weighted by atomic mass is 32.2. The lowest BCUT2D eigenvalue weighted by molar-refractivity contribution is -0.127. The molecule has 0 spiro atoms. The predicted molar refractivity (Wildman–Crippen MR) is 109 cm³/mol. The third-order valence-corrected chi connectivity index (χ3v) is 7.31. The molecule has 0 radical (unpaired) electrons. The zero-order chi connectivity index (χ0) is 19.4. The molecule has 7 heteroatoms. The smallest absolute Gasteiger partial charge is 0.246 e. The highest BCUT2D eigenvalue weighted by Crippen LogP contribution is 2.21. The van der Waals surface area contributed by atoms with Crippen LogP contribution in [-0.4, -0.2) is 49.7 Å². The molecule has 1 saturated heterocycles. The predicted octanol–water partition coefficient (Wildman–Crippen LogP) is 3.42. The van der Waals surface area contributed by atoms with Crippen LogP contribution in [0, 0.1) is 0 Å². The van der Waals surface area contributed by atoms with E-state index in [0.29, 0.717) is 37.0 Å². The van der Waals surface area contributed by atoms with Crippen LogP contribution in [-0.2, 0) is 14.8 Å². The zero-order valence-corrected chi connectivity index (χ0v) is 17.2. The lowest BCUT2D eigenvalue weighted by Gasteiger charge is -2.33. The quantitative estimate of drug-likeness (QED) is 0.718. The van der Waals surface area contributed by atoms with Gasteiger partial charge in [-0.3, -0.25) is 4.79 Å². The molecule has 1 aromatic carbocycles. The second-order valence-corrected chi connectivity index (χ2v) is 9.56. The molecule has 1 aromatic heterocycles. The van der Waals surface area contributed by atoms with Gasteiger partial charge >= 0.3 is 0 Å². The Morgan fingerprint density at radius 1 is 1.07 bits per heavy atom. The van der Waals surface area contributed by atoms with Crippen LogP contribution in [0.2, 0.25) is 0 Å². The molecule has 1 fully saturated rings. The summed E-state index contributed by atoms with van der Waals surface area (Å²) in [5, 5.41) is 3.93. The zero-order valence-electron chi connectivity index (χ0n) is 15.5. The monoisotopic (exact) mass is 404 g/mol. The number of carbonyl (C=O) groups is 1. The van der Waals surface area contributed by atoms with Crippen molar-refractivity contribution < 1.29 is 13.2 Å². The number of hydrogen-bond donors (Lipinski definition) is 0. The third kappa shape index (κ3) is 4.66. The van der Waals surface area contributed by atoms with Crippen molar-refractivity contribution >= 4 is 33.3 Å². The van der Waals surface area contributed by atoms with E-state index in [2.05, 4.69) is 13.8 Å². The van der Waals surface area contributed by atoms with Gasteiger partial charge in [-0.15, -0.1) is 0 Å². The van der Waals surface area contributed by atoms with Gasteiger partial charge in [0.1, 0.15) is 0 Å². The van der Waals surface area contributed by atoms with Crippen LogP contribution in [0.3, 0.4) is 0 Å². The Labute approximate surface area is 165 Å². The van der Waals surface area contributed by atoms with E-state index in [9.17, 15) is 13.2 Å². The Bertz CT molecular complexity index is 893. The van der Waals surface area contributed by atoms with Crippen LogP contribution in [0.15, 0.2) is 52.1 Å². The van der Waals surface area contributed by atoms with E-state index in [1.807, 2.05) is 29.0 Å². The first-order valence-corrected chi connectivity index (χ1v) is 11.4. The molecule has 0 N–H and O–H groups in total. The molecule has 0 saturated carbocycles. The number of nitrogens with zero attached hydrogens (tertiary/aromatic N) is 2. The number of benzene rings is 1. The van der Waals surface area contributed by atoms with Crippen molar-refractivity contribution in [2.75, 3.05) is 26.2 Å². The van der Waals surface area contributed by atoms with E-state index in [1.54, 1.807) is 40.5 Å². The Morgan fingerprint density at radius 3 is 2.30 bits per heavy atom. The van der Waals surface area contributed by atoms with Gasteiger partial charge in [0.15, 0.2) is 0 Å². The molecule has 2 heterocycles. The first-order chi connectivity index (χ1) is 12.9. The summed E-state index contributed by atoms with van der Waals surface area (Å²) in [6.07, 6.45) is 3.34. The minimum atomic E-state index is -3.52. The molecule has 0 bridgehead atoms. The van der Waals surface area contributed by atoms with Crippen molar-refractivity contribution in [3.8, 4) is 0 Å². The summed E-state index contributed by atoms with van der Waals surface area (Å²) in [6.45, 7) is 5.57. The highest BCUT2D eigenvalue weighted by molar-refractivity contribution is 7.89. The maximum Gasteiger partial charge on any atom is 0.246 e. The van der Waals surface area contributed by atoms with Crippen LogP contribution in [0.1, 0.15) is 30.9 Å².